The normalized spacial score (nSPS) is 20.8. The molecule has 2 saturated heterocycles. The van der Waals surface area contributed by atoms with Gasteiger partial charge in [0.1, 0.15) is 12.1 Å². The van der Waals surface area contributed by atoms with Crippen LogP contribution in [-0.4, -0.2) is 57.9 Å². The lowest BCUT2D eigenvalue weighted by molar-refractivity contribution is -0.138. The van der Waals surface area contributed by atoms with Gasteiger partial charge in [-0.2, -0.15) is 0 Å². The van der Waals surface area contributed by atoms with Crippen LogP contribution in [0, 0.1) is 5.92 Å². The monoisotopic (exact) mass is 375 g/mol. The fourth-order valence-corrected chi connectivity index (χ4v) is 3.95. The average Bonchev–Trinajstić information content (AvgIpc) is 2.68. The number of amides is 1. The summed E-state index contributed by atoms with van der Waals surface area (Å²) in [6.07, 6.45) is 6.84. The predicted molar refractivity (Wildman–Crippen MR) is 97.6 cm³/mol. The highest BCUT2D eigenvalue weighted by Crippen LogP contribution is 2.31. The summed E-state index contributed by atoms with van der Waals surface area (Å²) in [7, 11) is 0. The molecule has 4 heterocycles. The van der Waals surface area contributed by atoms with Crippen molar-refractivity contribution in [3.8, 4) is 0 Å². The number of piperidine rings is 2. The van der Waals surface area contributed by atoms with E-state index in [0.29, 0.717) is 12.3 Å². The molecule has 2 aromatic rings. The molecule has 2 aliphatic heterocycles. The first-order valence-electron chi connectivity index (χ1n) is 9.47. The van der Waals surface area contributed by atoms with E-state index in [0.717, 1.165) is 42.7 Å². The van der Waals surface area contributed by atoms with E-state index in [1.165, 1.54) is 0 Å². The Labute approximate surface area is 156 Å². The largest absolute Gasteiger partial charge is 0.356 e. The van der Waals surface area contributed by atoms with Gasteiger partial charge >= 0.3 is 0 Å². The Bertz CT molecular complexity index is 807. The Balaban J connectivity index is 1.33. The van der Waals surface area contributed by atoms with E-state index < -0.39 is 5.92 Å². The molecule has 0 aliphatic carbocycles. The van der Waals surface area contributed by atoms with Gasteiger partial charge < -0.3 is 9.80 Å². The van der Waals surface area contributed by atoms with Crippen LogP contribution < -0.4 is 4.90 Å². The molecule has 144 valence electrons. The maximum Gasteiger partial charge on any atom is 0.251 e. The summed E-state index contributed by atoms with van der Waals surface area (Å²) >= 11 is 0. The molecule has 4 rings (SSSR count). The van der Waals surface area contributed by atoms with Crippen LogP contribution >= 0.6 is 0 Å². The van der Waals surface area contributed by atoms with Crippen molar-refractivity contribution < 1.29 is 13.6 Å². The lowest BCUT2D eigenvalue weighted by Crippen LogP contribution is -2.44. The summed E-state index contributed by atoms with van der Waals surface area (Å²) in [4.78, 5) is 29.1. The molecule has 2 aliphatic rings. The SMILES string of the molecule is O=C(CC1CCN(c2ncnc3cnccc23)CC1)N1CCC(F)(F)CC1. The van der Waals surface area contributed by atoms with Gasteiger partial charge in [-0.25, -0.2) is 18.7 Å². The van der Waals surface area contributed by atoms with Crippen LogP contribution in [0.4, 0.5) is 14.6 Å². The zero-order chi connectivity index (χ0) is 18.9. The highest BCUT2D eigenvalue weighted by Gasteiger charge is 2.36. The molecule has 0 aromatic carbocycles. The molecule has 2 fully saturated rings. The van der Waals surface area contributed by atoms with E-state index in [2.05, 4.69) is 19.9 Å². The van der Waals surface area contributed by atoms with Crippen molar-refractivity contribution in [1.82, 2.24) is 19.9 Å². The Morgan fingerprint density at radius 3 is 2.63 bits per heavy atom. The summed E-state index contributed by atoms with van der Waals surface area (Å²) in [5.74, 6) is -1.39. The second-order valence-corrected chi connectivity index (χ2v) is 7.46. The first kappa shape index (κ1) is 18.0. The predicted octanol–water partition coefficient (Wildman–Crippen LogP) is 2.89. The van der Waals surface area contributed by atoms with Crippen LogP contribution in [0.25, 0.3) is 10.9 Å². The third-order valence-electron chi connectivity index (χ3n) is 5.64. The van der Waals surface area contributed by atoms with Crippen molar-refractivity contribution in [2.24, 2.45) is 5.92 Å². The number of fused-ring (bicyclic) bond motifs is 1. The van der Waals surface area contributed by atoms with E-state index in [-0.39, 0.29) is 31.8 Å². The van der Waals surface area contributed by atoms with E-state index in [1.807, 2.05) is 6.07 Å². The van der Waals surface area contributed by atoms with E-state index in [4.69, 9.17) is 0 Å². The third kappa shape index (κ3) is 3.99. The van der Waals surface area contributed by atoms with Gasteiger partial charge in [0, 0.05) is 57.0 Å². The first-order valence-corrected chi connectivity index (χ1v) is 9.47. The van der Waals surface area contributed by atoms with Crippen LogP contribution in [0.1, 0.15) is 32.1 Å². The fraction of sp³-hybridized carbons (Fsp3) is 0.579. The summed E-state index contributed by atoms with van der Waals surface area (Å²) in [5, 5.41) is 0.983. The second-order valence-electron chi connectivity index (χ2n) is 7.46. The zero-order valence-electron chi connectivity index (χ0n) is 15.2. The highest BCUT2D eigenvalue weighted by atomic mass is 19.3. The number of carbonyl (C=O) groups excluding carboxylic acids is 1. The number of anilines is 1. The number of halogens is 2. The van der Waals surface area contributed by atoms with Crippen molar-refractivity contribution in [2.75, 3.05) is 31.1 Å². The van der Waals surface area contributed by atoms with Crippen molar-refractivity contribution in [3.05, 3.63) is 24.8 Å². The highest BCUT2D eigenvalue weighted by molar-refractivity contribution is 5.88. The Morgan fingerprint density at radius 2 is 1.89 bits per heavy atom. The summed E-state index contributed by atoms with van der Waals surface area (Å²) in [6.45, 7) is 1.99. The quantitative estimate of drug-likeness (QED) is 0.826. The molecule has 0 N–H and O–H groups in total. The number of aromatic nitrogens is 3. The lowest BCUT2D eigenvalue weighted by Gasteiger charge is -2.35. The van der Waals surface area contributed by atoms with Gasteiger partial charge in [0.2, 0.25) is 5.91 Å². The molecular weight excluding hydrogens is 352 g/mol. The maximum absolute atomic E-state index is 13.3. The molecule has 1 amide bonds. The van der Waals surface area contributed by atoms with Gasteiger partial charge in [-0.15, -0.1) is 0 Å². The summed E-state index contributed by atoms with van der Waals surface area (Å²) in [5.41, 5.74) is 0.821. The minimum atomic E-state index is -2.61. The fourth-order valence-electron chi connectivity index (χ4n) is 3.95. The first-order chi connectivity index (χ1) is 13.0. The number of pyridine rings is 1. The molecule has 0 unspecified atom stereocenters. The number of hydrogen-bond donors (Lipinski definition) is 0. The van der Waals surface area contributed by atoms with Crippen LogP contribution in [0.5, 0.6) is 0 Å². The minimum Gasteiger partial charge on any atom is -0.356 e. The van der Waals surface area contributed by atoms with Gasteiger partial charge in [-0.05, 0) is 24.8 Å². The van der Waals surface area contributed by atoms with E-state index in [9.17, 15) is 13.6 Å². The standard InChI is InChI=1S/C19H23F2N5O/c20-19(21)4-9-25(10-5-19)17(27)11-14-2-7-26(8-3-14)18-15-1-6-22-12-16(15)23-13-24-18/h1,6,12-14H,2-5,7-11H2. The van der Waals surface area contributed by atoms with E-state index in [1.54, 1.807) is 23.6 Å². The van der Waals surface area contributed by atoms with Crippen molar-refractivity contribution in [2.45, 2.75) is 38.0 Å². The lowest BCUT2D eigenvalue weighted by atomic mass is 9.92. The van der Waals surface area contributed by atoms with Gasteiger partial charge in [0.15, 0.2) is 0 Å². The zero-order valence-corrected chi connectivity index (χ0v) is 15.2. The number of likely N-dealkylation sites (tertiary alicyclic amines) is 1. The Morgan fingerprint density at radius 1 is 1.15 bits per heavy atom. The van der Waals surface area contributed by atoms with Crippen LogP contribution in [0.2, 0.25) is 0 Å². The molecule has 2 aromatic heterocycles. The number of carbonyl (C=O) groups is 1. The van der Waals surface area contributed by atoms with Crippen molar-refractivity contribution >= 4 is 22.6 Å². The van der Waals surface area contributed by atoms with Crippen LogP contribution in [0.15, 0.2) is 24.8 Å². The van der Waals surface area contributed by atoms with Crippen molar-refractivity contribution in [1.29, 1.82) is 0 Å². The molecule has 6 nitrogen and oxygen atoms in total. The number of hydrogen-bond acceptors (Lipinski definition) is 5. The van der Waals surface area contributed by atoms with Crippen LogP contribution in [0.3, 0.4) is 0 Å². The molecular formula is C19H23F2N5O. The molecule has 27 heavy (non-hydrogen) atoms. The number of nitrogens with zero attached hydrogens (tertiary/aromatic N) is 5. The third-order valence-corrected chi connectivity index (χ3v) is 5.64. The minimum absolute atomic E-state index is 0.0162. The van der Waals surface area contributed by atoms with Gasteiger partial charge in [-0.3, -0.25) is 9.78 Å². The topological polar surface area (TPSA) is 62.2 Å². The van der Waals surface area contributed by atoms with Gasteiger partial charge in [-0.1, -0.05) is 0 Å². The summed E-state index contributed by atoms with van der Waals surface area (Å²) < 4.78 is 26.5. The Kier molecular flexibility index (Phi) is 4.88. The smallest absolute Gasteiger partial charge is 0.251 e. The molecule has 8 heteroatoms. The molecule has 0 atom stereocenters. The molecule has 0 saturated carbocycles. The molecule has 0 spiro atoms. The number of rotatable bonds is 3. The summed E-state index contributed by atoms with van der Waals surface area (Å²) in [6, 6.07) is 1.92. The van der Waals surface area contributed by atoms with Crippen LogP contribution in [-0.2, 0) is 4.79 Å². The molecule has 0 bridgehead atoms. The van der Waals surface area contributed by atoms with Gasteiger partial charge in [0.05, 0.1) is 11.7 Å². The van der Waals surface area contributed by atoms with Gasteiger partial charge in [0.25, 0.3) is 5.92 Å². The maximum atomic E-state index is 13.3. The van der Waals surface area contributed by atoms with Crippen molar-refractivity contribution in [3.63, 3.8) is 0 Å². The molecule has 0 radical (unpaired) electrons. The average molecular weight is 375 g/mol. The second kappa shape index (κ2) is 7.32. The number of alkyl halides is 2. The Hall–Kier alpha value is -2.38. The van der Waals surface area contributed by atoms with E-state index >= 15 is 0 Å².